The molecule has 0 saturated carbocycles. The Labute approximate surface area is 106 Å². The SMILES string of the molecule is CC(C)CONC(=O)C1COc2ccccc2O1. The number of hydroxylamine groups is 1. The maximum Gasteiger partial charge on any atom is 0.288 e. The van der Waals surface area contributed by atoms with Gasteiger partial charge >= 0.3 is 0 Å². The van der Waals surface area contributed by atoms with Gasteiger partial charge in [0, 0.05) is 0 Å². The van der Waals surface area contributed by atoms with Crippen LogP contribution >= 0.6 is 0 Å². The van der Waals surface area contributed by atoms with Crippen molar-refractivity contribution in [1.82, 2.24) is 5.48 Å². The first-order valence-electron chi connectivity index (χ1n) is 5.97. The van der Waals surface area contributed by atoms with Gasteiger partial charge in [-0.15, -0.1) is 0 Å². The van der Waals surface area contributed by atoms with Gasteiger partial charge < -0.3 is 9.47 Å². The number of benzene rings is 1. The summed E-state index contributed by atoms with van der Waals surface area (Å²) in [6.07, 6.45) is -0.674. The fourth-order valence-corrected chi connectivity index (χ4v) is 1.49. The minimum absolute atomic E-state index is 0.188. The normalized spacial score (nSPS) is 17.6. The van der Waals surface area contributed by atoms with E-state index in [4.69, 9.17) is 14.3 Å². The highest BCUT2D eigenvalue weighted by Gasteiger charge is 2.27. The van der Waals surface area contributed by atoms with Crippen molar-refractivity contribution in [1.29, 1.82) is 0 Å². The first-order chi connectivity index (χ1) is 8.66. The Bertz CT molecular complexity index is 419. The third-order valence-electron chi connectivity index (χ3n) is 2.39. The number of para-hydroxylation sites is 2. The Morgan fingerprint density at radius 1 is 1.44 bits per heavy atom. The predicted molar refractivity (Wildman–Crippen MR) is 65.3 cm³/mol. The molecule has 1 heterocycles. The molecule has 2 rings (SSSR count). The molecule has 18 heavy (non-hydrogen) atoms. The summed E-state index contributed by atoms with van der Waals surface area (Å²) >= 11 is 0. The monoisotopic (exact) mass is 251 g/mol. The molecule has 98 valence electrons. The molecular weight excluding hydrogens is 234 g/mol. The lowest BCUT2D eigenvalue weighted by atomic mass is 10.2. The van der Waals surface area contributed by atoms with E-state index in [1.807, 2.05) is 26.0 Å². The number of hydrogen-bond acceptors (Lipinski definition) is 4. The number of nitrogens with one attached hydrogen (secondary N) is 1. The van der Waals surface area contributed by atoms with Gasteiger partial charge in [-0.05, 0) is 18.1 Å². The van der Waals surface area contributed by atoms with Crippen LogP contribution in [-0.4, -0.2) is 25.2 Å². The fourth-order valence-electron chi connectivity index (χ4n) is 1.49. The molecule has 1 aromatic carbocycles. The van der Waals surface area contributed by atoms with Gasteiger partial charge in [0.15, 0.2) is 11.5 Å². The lowest BCUT2D eigenvalue weighted by Gasteiger charge is -2.25. The number of carbonyl (C=O) groups is 1. The highest BCUT2D eigenvalue weighted by molar-refractivity contribution is 5.80. The molecule has 0 fully saturated rings. The Kier molecular flexibility index (Phi) is 4.04. The van der Waals surface area contributed by atoms with E-state index in [0.29, 0.717) is 24.0 Å². The van der Waals surface area contributed by atoms with Crippen LogP contribution in [0.4, 0.5) is 0 Å². The molecule has 5 heteroatoms. The molecule has 1 unspecified atom stereocenters. The van der Waals surface area contributed by atoms with E-state index in [-0.39, 0.29) is 12.5 Å². The van der Waals surface area contributed by atoms with Crippen LogP contribution in [0, 0.1) is 5.92 Å². The van der Waals surface area contributed by atoms with Crippen molar-refractivity contribution in [3.05, 3.63) is 24.3 Å². The maximum absolute atomic E-state index is 11.7. The van der Waals surface area contributed by atoms with Crippen molar-refractivity contribution >= 4 is 5.91 Å². The molecule has 0 bridgehead atoms. The van der Waals surface area contributed by atoms with Gasteiger partial charge in [0.2, 0.25) is 6.10 Å². The molecule has 1 N–H and O–H groups in total. The molecule has 1 atom stereocenters. The van der Waals surface area contributed by atoms with Crippen molar-refractivity contribution in [2.75, 3.05) is 13.2 Å². The van der Waals surface area contributed by atoms with E-state index >= 15 is 0 Å². The van der Waals surface area contributed by atoms with E-state index < -0.39 is 6.10 Å². The van der Waals surface area contributed by atoms with Crippen molar-refractivity contribution in [2.24, 2.45) is 5.92 Å². The van der Waals surface area contributed by atoms with Crippen LogP contribution in [-0.2, 0) is 9.63 Å². The number of fused-ring (bicyclic) bond motifs is 1. The number of amides is 1. The van der Waals surface area contributed by atoms with Gasteiger partial charge in [-0.25, -0.2) is 5.48 Å². The molecule has 0 aliphatic carbocycles. The molecule has 1 aromatic rings. The molecule has 0 saturated heterocycles. The second-order valence-electron chi connectivity index (χ2n) is 4.54. The Morgan fingerprint density at radius 3 is 2.89 bits per heavy atom. The third-order valence-corrected chi connectivity index (χ3v) is 2.39. The van der Waals surface area contributed by atoms with Gasteiger partial charge in [-0.1, -0.05) is 26.0 Å². The highest BCUT2D eigenvalue weighted by Crippen LogP contribution is 2.30. The number of hydrogen-bond donors (Lipinski definition) is 1. The standard InChI is InChI=1S/C13H17NO4/c1-9(2)7-17-14-13(15)12-8-16-10-5-3-4-6-11(10)18-12/h3-6,9,12H,7-8H2,1-2H3,(H,14,15). The minimum Gasteiger partial charge on any atom is -0.485 e. The summed E-state index contributed by atoms with van der Waals surface area (Å²) in [5.41, 5.74) is 2.37. The van der Waals surface area contributed by atoms with Crippen LogP contribution < -0.4 is 15.0 Å². The molecule has 0 aromatic heterocycles. The molecule has 0 radical (unpaired) electrons. The van der Waals surface area contributed by atoms with E-state index in [0.717, 1.165) is 0 Å². The van der Waals surface area contributed by atoms with E-state index in [1.54, 1.807) is 12.1 Å². The van der Waals surface area contributed by atoms with E-state index in [1.165, 1.54) is 0 Å². The summed E-state index contributed by atoms with van der Waals surface area (Å²) in [7, 11) is 0. The number of carbonyl (C=O) groups excluding carboxylic acids is 1. The van der Waals surface area contributed by atoms with Gasteiger partial charge in [0.1, 0.15) is 6.61 Å². The molecule has 5 nitrogen and oxygen atoms in total. The average molecular weight is 251 g/mol. The Morgan fingerprint density at radius 2 is 2.17 bits per heavy atom. The summed E-state index contributed by atoms with van der Waals surface area (Å²) in [6, 6.07) is 7.26. The molecular formula is C13H17NO4. The molecule has 0 spiro atoms. The Hall–Kier alpha value is -1.75. The fraction of sp³-hybridized carbons (Fsp3) is 0.462. The maximum atomic E-state index is 11.7. The second kappa shape index (κ2) is 5.73. The minimum atomic E-state index is -0.674. The molecule has 1 aliphatic heterocycles. The van der Waals surface area contributed by atoms with Gasteiger partial charge in [0.25, 0.3) is 5.91 Å². The van der Waals surface area contributed by atoms with Crippen molar-refractivity contribution in [3.63, 3.8) is 0 Å². The Balaban J connectivity index is 1.87. The van der Waals surface area contributed by atoms with Crippen molar-refractivity contribution in [3.8, 4) is 11.5 Å². The zero-order chi connectivity index (χ0) is 13.0. The zero-order valence-corrected chi connectivity index (χ0v) is 10.5. The highest BCUT2D eigenvalue weighted by atomic mass is 16.7. The lowest BCUT2D eigenvalue weighted by Crippen LogP contribution is -2.44. The molecule has 1 aliphatic rings. The first-order valence-corrected chi connectivity index (χ1v) is 5.97. The van der Waals surface area contributed by atoms with Gasteiger partial charge in [0.05, 0.1) is 6.61 Å². The predicted octanol–water partition coefficient (Wildman–Crippen LogP) is 1.53. The zero-order valence-electron chi connectivity index (χ0n) is 10.5. The van der Waals surface area contributed by atoms with Crippen molar-refractivity contribution in [2.45, 2.75) is 20.0 Å². The summed E-state index contributed by atoms with van der Waals surface area (Å²) in [6.45, 7) is 4.66. The van der Waals surface area contributed by atoms with Crippen LogP contribution in [0.25, 0.3) is 0 Å². The molecule has 1 amide bonds. The van der Waals surface area contributed by atoms with Crippen LogP contribution in [0.3, 0.4) is 0 Å². The number of rotatable bonds is 4. The second-order valence-corrected chi connectivity index (χ2v) is 4.54. The van der Waals surface area contributed by atoms with Crippen LogP contribution in [0.2, 0.25) is 0 Å². The van der Waals surface area contributed by atoms with Crippen LogP contribution in [0.1, 0.15) is 13.8 Å². The smallest absolute Gasteiger partial charge is 0.288 e. The third kappa shape index (κ3) is 3.13. The van der Waals surface area contributed by atoms with E-state index in [9.17, 15) is 4.79 Å². The first kappa shape index (κ1) is 12.7. The van der Waals surface area contributed by atoms with Crippen LogP contribution in [0.15, 0.2) is 24.3 Å². The summed E-state index contributed by atoms with van der Waals surface area (Å²) in [4.78, 5) is 16.8. The van der Waals surface area contributed by atoms with Gasteiger partial charge in [-0.2, -0.15) is 0 Å². The largest absolute Gasteiger partial charge is 0.485 e. The van der Waals surface area contributed by atoms with Crippen molar-refractivity contribution < 1.29 is 19.1 Å². The quantitative estimate of drug-likeness (QED) is 0.824. The summed E-state index contributed by atoms with van der Waals surface area (Å²) in [5, 5.41) is 0. The topological polar surface area (TPSA) is 56.8 Å². The van der Waals surface area contributed by atoms with E-state index in [2.05, 4.69) is 5.48 Å². The number of ether oxygens (including phenoxy) is 2. The lowest BCUT2D eigenvalue weighted by molar-refractivity contribution is -0.144. The summed E-state index contributed by atoms with van der Waals surface area (Å²) < 4.78 is 11.0. The van der Waals surface area contributed by atoms with Crippen LogP contribution in [0.5, 0.6) is 11.5 Å². The van der Waals surface area contributed by atoms with Gasteiger partial charge in [-0.3, -0.25) is 9.63 Å². The average Bonchev–Trinajstić information content (AvgIpc) is 2.37. The summed E-state index contributed by atoms with van der Waals surface area (Å²) in [5.74, 6) is 1.26.